The van der Waals surface area contributed by atoms with Gasteiger partial charge in [-0.2, -0.15) is 0 Å². The molecule has 0 saturated carbocycles. The van der Waals surface area contributed by atoms with E-state index in [2.05, 4.69) is 4.52 Å². The second kappa shape index (κ2) is 12.9. The van der Waals surface area contributed by atoms with E-state index < -0.39 is 58.0 Å². The molecule has 2 rings (SSSR count). The fourth-order valence-electron chi connectivity index (χ4n) is 3.19. The highest BCUT2D eigenvalue weighted by atomic mass is 31.2. The summed E-state index contributed by atoms with van der Waals surface area (Å²) in [6, 6.07) is -1.69. The van der Waals surface area contributed by atoms with Gasteiger partial charge in [-0.25, -0.2) is 4.79 Å². The highest BCUT2D eigenvalue weighted by Gasteiger charge is 2.44. The van der Waals surface area contributed by atoms with Gasteiger partial charge in [-0.1, -0.05) is 13.8 Å². The number of phosphoric ester groups is 2. The zero-order valence-electron chi connectivity index (χ0n) is 19.5. The minimum atomic E-state index is -5.24. The maximum atomic E-state index is 12.5. The predicted molar refractivity (Wildman–Crippen MR) is 117 cm³/mol. The van der Waals surface area contributed by atoms with Crippen LogP contribution in [0.1, 0.15) is 40.5 Å². The number of ether oxygens (including phenoxy) is 3. The Morgan fingerprint density at radius 3 is 2.32 bits per heavy atom. The lowest BCUT2D eigenvalue weighted by Gasteiger charge is -2.31. The monoisotopic (exact) mass is 519 g/mol. The van der Waals surface area contributed by atoms with Gasteiger partial charge in [0, 0.05) is 19.7 Å². The largest absolute Gasteiger partial charge is 0.756 e. The molecule has 2 aliphatic heterocycles. The Morgan fingerprint density at radius 1 is 1.09 bits per heavy atom. The van der Waals surface area contributed by atoms with E-state index in [9.17, 15) is 23.7 Å². The van der Waals surface area contributed by atoms with E-state index >= 15 is 0 Å². The Morgan fingerprint density at radius 2 is 1.74 bits per heavy atom. The predicted octanol–water partition coefficient (Wildman–Crippen LogP) is -0.479. The van der Waals surface area contributed by atoms with Crippen molar-refractivity contribution in [1.29, 1.82) is 0 Å². The van der Waals surface area contributed by atoms with E-state index in [1.807, 2.05) is 0 Å². The summed E-state index contributed by atoms with van der Waals surface area (Å²) in [7, 11) is 2.28. The molecule has 2 saturated heterocycles. The van der Waals surface area contributed by atoms with Crippen LogP contribution in [-0.4, -0.2) is 84.5 Å². The third kappa shape index (κ3) is 9.69. The third-order valence-electron chi connectivity index (χ3n) is 4.69. The first-order valence-electron chi connectivity index (χ1n) is 10.8. The highest BCUT2D eigenvalue weighted by molar-refractivity contribution is 7.46. The van der Waals surface area contributed by atoms with Crippen LogP contribution in [0, 0.1) is 5.92 Å². The quantitative estimate of drug-likeness (QED) is 0.228. The molecular weight excluding hydrogens is 491 g/mol. The fraction of sp³-hybridized carbons (Fsp3) is 0.941. The van der Waals surface area contributed by atoms with Gasteiger partial charge in [0.05, 0.1) is 32.6 Å². The van der Waals surface area contributed by atoms with Gasteiger partial charge in [0.2, 0.25) is 0 Å². The average Bonchev–Trinajstić information content (AvgIpc) is 3.26. The first-order chi connectivity index (χ1) is 15.7. The molecule has 189 valence electrons. The Balaban J connectivity index is 2.01. The lowest BCUT2D eigenvalue weighted by molar-refractivity contribution is -0.234. The molecule has 0 aliphatic carbocycles. The van der Waals surface area contributed by atoms with E-state index in [1.54, 1.807) is 27.7 Å². The molecule has 0 amide bonds. The van der Waals surface area contributed by atoms with Crippen molar-refractivity contribution in [3.8, 4) is 0 Å². The number of carbonyl (C=O) groups is 1. The summed E-state index contributed by atoms with van der Waals surface area (Å²) >= 11 is 0. The van der Waals surface area contributed by atoms with E-state index in [4.69, 9.17) is 43.4 Å². The van der Waals surface area contributed by atoms with Gasteiger partial charge in [0.1, 0.15) is 20.1 Å². The van der Waals surface area contributed by atoms with Crippen molar-refractivity contribution in [2.45, 2.75) is 83.1 Å². The fourth-order valence-corrected chi connectivity index (χ4v) is 5.18. The summed E-state index contributed by atoms with van der Waals surface area (Å²) in [6.07, 6.45) is -5.30. The van der Waals surface area contributed by atoms with Gasteiger partial charge in [-0.3, -0.25) is 9.13 Å². The third-order valence-corrected chi connectivity index (χ3v) is 6.62. The van der Waals surface area contributed by atoms with Gasteiger partial charge in [0.15, 0.2) is 6.10 Å². The van der Waals surface area contributed by atoms with Crippen LogP contribution < -0.4 is 9.79 Å². The number of phosphoric acid groups is 2. The Labute approximate surface area is 202 Å². The molecule has 34 heavy (non-hydrogen) atoms. The topological polar surface area (TPSA) is 162 Å². The Bertz CT molecular complexity index is 772. The van der Waals surface area contributed by atoms with E-state index in [1.165, 1.54) is 7.17 Å². The Hall–Kier alpha value is -0.195. The van der Waals surface area contributed by atoms with Crippen LogP contribution in [0.25, 0.3) is 0 Å². The maximum Gasteiger partial charge on any atom is 0.343 e. The average molecular weight is 519 g/mol. The molecule has 2 fully saturated rings. The molecule has 0 spiro atoms. The van der Waals surface area contributed by atoms with Crippen molar-refractivity contribution < 1.29 is 56.0 Å². The van der Waals surface area contributed by atoms with Crippen molar-refractivity contribution in [3.05, 3.63) is 0 Å². The van der Waals surface area contributed by atoms with Gasteiger partial charge >= 0.3 is 13.8 Å². The van der Waals surface area contributed by atoms with Crippen molar-refractivity contribution in [2.24, 2.45) is 5.92 Å². The summed E-state index contributed by atoms with van der Waals surface area (Å²) < 4.78 is 59.8. The van der Waals surface area contributed by atoms with E-state index in [-0.39, 0.29) is 38.1 Å². The SMILES string of the molecule is [B][B][C@H]1CC(OP(=O)([O-])OC(=O)[C@H]2O[C@@H]([B])CC2OP(=O)([O-])OCC(C)C)[C@@H](COC(C)C)O1. The van der Waals surface area contributed by atoms with Crippen LogP contribution in [0.4, 0.5) is 0 Å². The molecule has 0 N–H and O–H groups in total. The minimum absolute atomic E-state index is 0.0201. The van der Waals surface area contributed by atoms with E-state index in [0.717, 1.165) is 0 Å². The molecular formula is C17H28B3O12P2-2. The number of rotatable bonds is 13. The summed E-state index contributed by atoms with van der Waals surface area (Å²) in [5.41, 5.74) is 0. The maximum absolute atomic E-state index is 12.5. The normalized spacial score (nSPS) is 33.1. The number of hydrogen-bond donors (Lipinski definition) is 0. The molecule has 17 heteroatoms. The first kappa shape index (κ1) is 30.0. The highest BCUT2D eigenvalue weighted by Crippen LogP contribution is 2.47. The van der Waals surface area contributed by atoms with Crippen LogP contribution in [-0.2, 0) is 46.2 Å². The van der Waals surface area contributed by atoms with E-state index in [0.29, 0.717) is 0 Å². The van der Waals surface area contributed by atoms with Gasteiger partial charge in [0.25, 0.3) is 7.82 Å². The molecule has 0 aromatic carbocycles. The van der Waals surface area contributed by atoms with Crippen molar-refractivity contribution in [2.75, 3.05) is 13.2 Å². The number of carbonyl (C=O) groups excluding carboxylic acids is 1. The van der Waals surface area contributed by atoms with Gasteiger partial charge < -0.3 is 42.1 Å². The molecule has 2 aliphatic rings. The van der Waals surface area contributed by atoms with Crippen molar-refractivity contribution >= 4 is 44.4 Å². The van der Waals surface area contributed by atoms with Crippen molar-refractivity contribution in [1.82, 2.24) is 0 Å². The zero-order valence-corrected chi connectivity index (χ0v) is 21.3. The molecule has 5 radical (unpaired) electrons. The van der Waals surface area contributed by atoms with Gasteiger partial charge in [-0.05, 0) is 32.6 Å². The van der Waals surface area contributed by atoms with Crippen LogP contribution in [0.3, 0.4) is 0 Å². The number of hydrogen-bond acceptors (Lipinski definition) is 12. The summed E-state index contributed by atoms with van der Waals surface area (Å²) in [5, 5.41) is 0. The molecule has 2 heterocycles. The zero-order chi connectivity index (χ0) is 25.7. The van der Waals surface area contributed by atoms with Crippen LogP contribution in [0.2, 0.25) is 0 Å². The Kier molecular flexibility index (Phi) is 11.4. The summed E-state index contributed by atoms with van der Waals surface area (Å²) in [5.74, 6) is -1.56. The molecule has 0 bridgehead atoms. The summed E-state index contributed by atoms with van der Waals surface area (Å²) in [4.78, 5) is 37.0. The second-order valence-corrected chi connectivity index (χ2v) is 11.3. The molecule has 12 nitrogen and oxygen atoms in total. The lowest BCUT2D eigenvalue weighted by Crippen LogP contribution is -2.36. The van der Waals surface area contributed by atoms with Gasteiger partial charge in [-0.15, -0.1) is 0 Å². The molecule has 4 unspecified atom stereocenters. The molecule has 0 aromatic rings. The lowest BCUT2D eigenvalue weighted by atomic mass is 9.51. The second-order valence-electron chi connectivity index (χ2n) is 8.64. The molecule has 0 aromatic heterocycles. The van der Waals surface area contributed by atoms with Crippen LogP contribution in [0.15, 0.2) is 0 Å². The standard InChI is InChI=1S/C17H30B3O12P2/c1-9(2)7-27-33(22,23)31-12-5-14(18)29-16(12)17(21)32-34(24,25)30-11-6-15(20-19)28-13(11)8-26-10(3)4/h9-16H,5-8H2,1-4H3,(H,22,23)(H,24,25)/p-2/t11?,12?,13-,14-,15-,16+/m1/s1. The molecule has 8 atom stereocenters. The summed E-state index contributed by atoms with van der Waals surface area (Å²) in [6.45, 7) is 6.90. The van der Waals surface area contributed by atoms with Crippen LogP contribution >= 0.6 is 15.6 Å². The first-order valence-corrected chi connectivity index (χ1v) is 13.7. The van der Waals surface area contributed by atoms with Crippen molar-refractivity contribution in [3.63, 3.8) is 0 Å². The smallest absolute Gasteiger partial charge is 0.343 e. The minimum Gasteiger partial charge on any atom is -0.756 e. The van der Waals surface area contributed by atoms with Crippen LogP contribution in [0.5, 0.6) is 0 Å².